The lowest BCUT2D eigenvalue weighted by Gasteiger charge is -2.21. The van der Waals surface area contributed by atoms with Crippen molar-refractivity contribution < 1.29 is 4.79 Å². The molecule has 1 saturated heterocycles. The lowest BCUT2D eigenvalue weighted by molar-refractivity contribution is 0.207. The number of primary amides is 1. The molecular weight excluding hydrogens is 312 g/mol. The molecule has 0 bridgehead atoms. The molecule has 5 heteroatoms. The van der Waals surface area contributed by atoms with Crippen LogP contribution in [0.3, 0.4) is 0 Å². The minimum atomic E-state index is -0.331. The standard InChI is InChI=1S/C20H22N4O/c21-14-18-4-1-2-5-19(18)17-8-6-16(7-9-17)15-23-10-3-11-24(13-12-23)20(22)25/h1-2,4-9H,3,10-13,15H2,(H2,22,25). The van der Waals surface area contributed by atoms with Gasteiger partial charge in [-0.25, -0.2) is 4.79 Å². The number of carbonyl (C=O) groups excluding carboxylic acids is 1. The van der Waals surface area contributed by atoms with Crippen molar-refractivity contribution in [3.05, 3.63) is 59.7 Å². The molecule has 0 aromatic heterocycles. The van der Waals surface area contributed by atoms with Gasteiger partial charge >= 0.3 is 6.03 Å². The molecule has 5 nitrogen and oxygen atoms in total. The summed E-state index contributed by atoms with van der Waals surface area (Å²) in [5, 5.41) is 9.24. The van der Waals surface area contributed by atoms with Crippen LogP contribution in [0.4, 0.5) is 4.79 Å². The minimum absolute atomic E-state index is 0.331. The first kappa shape index (κ1) is 17.0. The van der Waals surface area contributed by atoms with Crippen LogP contribution in [0.5, 0.6) is 0 Å². The fraction of sp³-hybridized carbons (Fsp3) is 0.300. The highest BCUT2D eigenvalue weighted by atomic mass is 16.2. The molecule has 128 valence electrons. The van der Waals surface area contributed by atoms with Crippen molar-refractivity contribution in [3.8, 4) is 17.2 Å². The fourth-order valence-corrected chi connectivity index (χ4v) is 3.23. The molecule has 25 heavy (non-hydrogen) atoms. The zero-order valence-electron chi connectivity index (χ0n) is 14.2. The molecule has 0 spiro atoms. The third kappa shape index (κ3) is 4.17. The van der Waals surface area contributed by atoms with E-state index in [-0.39, 0.29) is 6.03 Å². The van der Waals surface area contributed by atoms with E-state index in [9.17, 15) is 10.1 Å². The third-order valence-corrected chi connectivity index (χ3v) is 4.62. The minimum Gasteiger partial charge on any atom is -0.351 e. The average Bonchev–Trinajstić information content (AvgIpc) is 2.88. The summed E-state index contributed by atoms with van der Waals surface area (Å²) in [6.07, 6.45) is 0.941. The van der Waals surface area contributed by atoms with Crippen molar-refractivity contribution in [1.82, 2.24) is 9.80 Å². The molecule has 1 heterocycles. The predicted octanol–water partition coefficient (Wildman–Crippen LogP) is 2.81. The van der Waals surface area contributed by atoms with E-state index in [2.05, 4.69) is 35.2 Å². The Morgan fingerprint density at radius 2 is 1.80 bits per heavy atom. The van der Waals surface area contributed by atoms with Crippen LogP contribution in [0.15, 0.2) is 48.5 Å². The number of amides is 2. The summed E-state index contributed by atoms with van der Waals surface area (Å²) < 4.78 is 0. The van der Waals surface area contributed by atoms with E-state index in [4.69, 9.17) is 5.73 Å². The maximum absolute atomic E-state index is 11.3. The molecule has 1 aliphatic heterocycles. The molecule has 2 amide bonds. The van der Waals surface area contributed by atoms with Crippen molar-refractivity contribution in [2.75, 3.05) is 26.2 Å². The zero-order valence-corrected chi connectivity index (χ0v) is 14.2. The molecule has 2 N–H and O–H groups in total. The summed E-state index contributed by atoms with van der Waals surface area (Å²) in [7, 11) is 0. The summed E-state index contributed by atoms with van der Waals surface area (Å²) >= 11 is 0. The van der Waals surface area contributed by atoms with Crippen LogP contribution in [0, 0.1) is 11.3 Å². The van der Waals surface area contributed by atoms with E-state index in [0.29, 0.717) is 12.1 Å². The van der Waals surface area contributed by atoms with Crippen LogP contribution in [-0.4, -0.2) is 42.0 Å². The topological polar surface area (TPSA) is 73.4 Å². The summed E-state index contributed by atoms with van der Waals surface area (Å²) in [4.78, 5) is 15.4. The molecule has 0 atom stereocenters. The van der Waals surface area contributed by atoms with Gasteiger partial charge in [-0.05, 0) is 29.2 Å². The number of nitriles is 1. The Labute approximate surface area is 148 Å². The first-order valence-corrected chi connectivity index (χ1v) is 8.52. The normalized spacial score (nSPS) is 15.4. The van der Waals surface area contributed by atoms with Gasteiger partial charge in [0.05, 0.1) is 11.6 Å². The van der Waals surface area contributed by atoms with E-state index >= 15 is 0 Å². The van der Waals surface area contributed by atoms with Crippen LogP contribution >= 0.6 is 0 Å². The van der Waals surface area contributed by atoms with Crippen LogP contribution < -0.4 is 5.73 Å². The number of benzene rings is 2. The SMILES string of the molecule is N#Cc1ccccc1-c1ccc(CN2CCCN(C(N)=O)CC2)cc1. The Morgan fingerprint density at radius 1 is 1.04 bits per heavy atom. The Morgan fingerprint density at radius 3 is 2.52 bits per heavy atom. The smallest absolute Gasteiger partial charge is 0.314 e. The molecule has 0 unspecified atom stereocenters. The molecule has 2 aromatic rings. The molecule has 1 aliphatic rings. The van der Waals surface area contributed by atoms with Crippen LogP contribution in [0.2, 0.25) is 0 Å². The zero-order chi connectivity index (χ0) is 17.6. The van der Waals surface area contributed by atoms with Gasteiger partial charge < -0.3 is 10.6 Å². The van der Waals surface area contributed by atoms with Crippen LogP contribution in [0.1, 0.15) is 17.5 Å². The molecule has 3 rings (SSSR count). The largest absolute Gasteiger partial charge is 0.351 e. The number of carbonyl (C=O) groups is 1. The molecular formula is C20H22N4O. The van der Waals surface area contributed by atoms with E-state index in [1.54, 1.807) is 4.90 Å². The van der Waals surface area contributed by atoms with Crippen LogP contribution in [-0.2, 0) is 6.54 Å². The van der Waals surface area contributed by atoms with Crippen molar-refractivity contribution in [1.29, 1.82) is 5.26 Å². The van der Waals surface area contributed by atoms with E-state index in [0.717, 1.165) is 43.7 Å². The van der Waals surface area contributed by atoms with Gasteiger partial charge in [0.15, 0.2) is 0 Å². The molecule has 0 aliphatic carbocycles. The highest BCUT2D eigenvalue weighted by Crippen LogP contribution is 2.24. The number of hydrogen-bond acceptors (Lipinski definition) is 3. The van der Waals surface area contributed by atoms with Gasteiger partial charge in [-0.2, -0.15) is 5.26 Å². The van der Waals surface area contributed by atoms with E-state index in [1.807, 2.05) is 24.3 Å². The number of urea groups is 1. The quantitative estimate of drug-likeness (QED) is 0.938. The van der Waals surface area contributed by atoms with Crippen molar-refractivity contribution in [2.24, 2.45) is 5.73 Å². The van der Waals surface area contributed by atoms with Crippen molar-refractivity contribution in [3.63, 3.8) is 0 Å². The number of nitrogens with two attached hydrogens (primary N) is 1. The maximum atomic E-state index is 11.3. The highest BCUT2D eigenvalue weighted by molar-refractivity contribution is 5.72. The lowest BCUT2D eigenvalue weighted by Crippen LogP contribution is -2.38. The first-order chi connectivity index (χ1) is 12.2. The Balaban J connectivity index is 1.67. The number of nitrogens with zero attached hydrogens (tertiary/aromatic N) is 3. The average molecular weight is 334 g/mol. The van der Waals surface area contributed by atoms with Gasteiger partial charge in [-0.15, -0.1) is 0 Å². The Hall–Kier alpha value is -2.84. The van der Waals surface area contributed by atoms with Crippen LogP contribution in [0.25, 0.3) is 11.1 Å². The van der Waals surface area contributed by atoms with Crippen molar-refractivity contribution >= 4 is 6.03 Å². The summed E-state index contributed by atoms with van der Waals surface area (Å²) in [6.45, 7) is 4.07. The monoisotopic (exact) mass is 334 g/mol. The summed E-state index contributed by atoms with van der Waals surface area (Å²) in [6, 6.07) is 17.9. The Bertz CT molecular complexity index is 779. The van der Waals surface area contributed by atoms with Gasteiger partial charge in [-0.3, -0.25) is 4.90 Å². The second-order valence-corrected chi connectivity index (χ2v) is 6.31. The summed E-state index contributed by atoms with van der Waals surface area (Å²) in [5.74, 6) is 0. The number of hydrogen-bond donors (Lipinski definition) is 1. The first-order valence-electron chi connectivity index (χ1n) is 8.52. The predicted molar refractivity (Wildman–Crippen MR) is 97.6 cm³/mol. The lowest BCUT2D eigenvalue weighted by atomic mass is 9.99. The number of rotatable bonds is 3. The molecule has 0 radical (unpaired) electrons. The second-order valence-electron chi connectivity index (χ2n) is 6.31. The molecule has 0 saturated carbocycles. The van der Waals surface area contributed by atoms with E-state index < -0.39 is 0 Å². The third-order valence-electron chi connectivity index (χ3n) is 4.62. The van der Waals surface area contributed by atoms with Gasteiger partial charge in [0.2, 0.25) is 0 Å². The maximum Gasteiger partial charge on any atom is 0.314 e. The molecule has 2 aromatic carbocycles. The highest BCUT2D eigenvalue weighted by Gasteiger charge is 2.17. The van der Waals surface area contributed by atoms with Gasteiger partial charge in [0.25, 0.3) is 0 Å². The second kappa shape index (κ2) is 7.82. The molecule has 1 fully saturated rings. The Kier molecular flexibility index (Phi) is 5.32. The fourth-order valence-electron chi connectivity index (χ4n) is 3.23. The van der Waals surface area contributed by atoms with Gasteiger partial charge in [0, 0.05) is 32.7 Å². The van der Waals surface area contributed by atoms with E-state index in [1.165, 1.54) is 5.56 Å². The van der Waals surface area contributed by atoms with Crippen molar-refractivity contribution in [2.45, 2.75) is 13.0 Å². The summed E-state index contributed by atoms with van der Waals surface area (Å²) in [5.41, 5.74) is 9.31. The van der Waals surface area contributed by atoms with Gasteiger partial charge in [-0.1, -0.05) is 42.5 Å². The van der Waals surface area contributed by atoms with Gasteiger partial charge in [0.1, 0.15) is 0 Å².